The van der Waals surface area contributed by atoms with Crippen LogP contribution < -0.4 is 4.74 Å². The molecule has 30 heavy (non-hydrogen) atoms. The van der Waals surface area contributed by atoms with Gasteiger partial charge in [0.05, 0.1) is 12.7 Å². The summed E-state index contributed by atoms with van der Waals surface area (Å²) in [5.74, 6) is 0.200. The van der Waals surface area contributed by atoms with Crippen molar-refractivity contribution in [1.82, 2.24) is 14.7 Å². The minimum absolute atomic E-state index is 0.0164. The number of hydrogen-bond acceptors (Lipinski definition) is 4. The molecule has 0 aromatic heterocycles. The first-order valence-corrected chi connectivity index (χ1v) is 10.5. The summed E-state index contributed by atoms with van der Waals surface area (Å²) < 4.78 is 19.4. The van der Waals surface area contributed by atoms with Crippen LogP contribution in [0.3, 0.4) is 0 Å². The van der Waals surface area contributed by atoms with E-state index in [1.807, 2.05) is 17.0 Å². The lowest BCUT2D eigenvalue weighted by Crippen LogP contribution is -2.69. The van der Waals surface area contributed by atoms with Gasteiger partial charge in [-0.1, -0.05) is 24.3 Å². The van der Waals surface area contributed by atoms with Crippen LogP contribution in [0.15, 0.2) is 48.5 Å². The lowest BCUT2D eigenvalue weighted by Gasteiger charge is -2.55. The molecule has 2 aromatic carbocycles. The van der Waals surface area contributed by atoms with Crippen molar-refractivity contribution in [2.24, 2.45) is 0 Å². The van der Waals surface area contributed by atoms with Gasteiger partial charge in [0, 0.05) is 50.8 Å². The molecule has 160 valence electrons. The Bertz CT molecular complexity index is 900. The smallest absolute Gasteiger partial charge is 0.256 e. The highest BCUT2D eigenvalue weighted by Crippen LogP contribution is 2.30. The maximum absolute atomic E-state index is 14.1. The van der Waals surface area contributed by atoms with E-state index in [-0.39, 0.29) is 23.1 Å². The van der Waals surface area contributed by atoms with E-state index in [1.54, 1.807) is 25.3 Å². The van der Waals surface area contributed by atoms with Crippen molar-refractivity contribution in [2.75, 3.05) is 39.8 Å². The Hall–Kier alpha value is -2.44. The number of carbonyl (C=O) groups is 1. The number of rotatable bonds is 4. The molecule has 0 N–H and O–H groups in total. The highest BCUT2D eigenvalue weighted by Gasteiger charge is 2.43. The average Bonchev–Trinajstić information content (AvgIpc) is 2.73. The first-order valence-electron chi connectivity index (χ1n) is 10.5. The molecule has 4 rings (SSSR count). The molecule has 2 fully saturated rings. The predicted molar refractivity (Wildman–Crippen MR) is 115 cm³/mol. The third-order valence-electron chi connectivity index (χ3n) is 6.30. The Morgan fingerprint density at radius 1 is 1.10 bits per heavy atom. The molecular formula is C24H30FN3O2. The molecule has 0 saturated carbocycles. The zero-order valence-electron chi connectivity index (χ0n) is 18.0. The van der Waals surface area contributed by atoms with Crippen LogP contribution in [0, 0.1) is 5.82 Å². The number of benzene rings is 2. The summed E-state index contributed by atoms with van der Waals surface area (Å²) in [4.78, 5) is 19.7. The zero-order chi connectivity index (χ0) is 21.3. The molecule has 0 radical (unpaired) electrons. The van der Waals surface area contributed by atoms with E-state index in [0.717, 1.165) is 31.9 Å². The standard InChI is InChI=1S/C24H30FN3O2/c1-24(2)17-26(14-18-8-10-20(30-3)11-9-18)15-19-16-27(12-13-28(19)24)23(29)21-6-4-5-7-22(21)25/h4-11,19H,12-17H2,1-3H3/t19-/m1/s1. The Morgan fingerprint density at radius 2 is 1.83 bits per heavy atom. The molecule has 1 amide bonds. The van der Waals surface area contributed by atoms with Gasteiger partial charge in [0.2, 0.25) is 0 Å². The Morgan fingerprint density at radius 3 is 2.53 bits per heavy atom. The number of fused-ring (bicyclic) bond motifs is 1. The van der Waals surface area contributed by atoms with E-state index in [2.05, 4.69) is 35.8 Å². The topological polar surface area (TPSA) is 36.0 Å². The number of piperazine rings is 2. The third-order valence-corrected chi connectivity index (χ3v) is 6.30. The Kier molecular flexibility index (Phi) is 5.80. The van der Waals surface area contributed by atoms with E-state index in [9.17, 15) is 9.18 Å². The normalized spacial score (nSPS) is 21.9. The second-order valence-electron chi connectivity index (χ2n) is 8.91. The second kappa shape index (κ2) is 8.36. The van der Waals surface area contributed by atoms with Crippen LogP contribution in [0.4, 0.5) is 4.39 Å². The van der Waals surface area contributed by atoms with Gasteiger partial charge in [0.1, 0.15) is 11.6 Å². The summed E-state index contributed by atoms with van der Waals surface area (Å²) in [5.41, 5.74) is 1.42. The first kappa shape index (κ1) is 20.8. The van der Waals surface area contributed by atoms with Crippen LogP contribution in [0.2, 0.25) is 0 Å². The molecule has 5 nitrogen and oxygen atoms in total. The summed E-state index contributed by atoms with van der Waals surface area (Å²) in [7, 11) is 1.67. The van der Waals surface area contributed by atoms with Crippen molar-refractivity contribution in [3.63, 3.8) is 0 Å². The van der Waals surface area contributed by atoms with Gasteiger partial charge in [0.25, 0.3) is 5.91 Å². The minimum Gasteiger partial charge on any atom is -0.497 e. The van der Waals surface area contributed by atoms with E-state index in [0.29, 0.717) is 13.1 Å². The van der Waals surface area contributed by atoms with Crippen molar-refractivity contribution in [1.29, 1.82) is 0 Å². The minimum atomic E-state index is -0.449. The summed E-state index contributed by atoms with van der Waals surface area (Å²) in [6, 6.07) is 14.7. The SMILES string of the molecule is COc1ccc(CN2C[C@@H]3CN(C(=O)c4ccccc4F)CCN3C(C)(C)C2)cc1. The maximum Gasteiger partial charge on any atom is 0.256 e. The fraction of sp³-hybridized carbons (Fsp3) is 0.458. The summed E-state index contributed by atoms with van der Waals surface area (Å²) in [6.07, 6.45) is 0. The van der Waals surface area contributed by atoms with E-state index < -0.39 is 5.82 Å². The van der Waals surface area contributed by atoms with Gasteiger partial charge in [-0.15, -0.1) is 0 Å². The largest absolute Gasteiger partial charge is 0.497 e. The number of nitrogens with zero attached hydrogens (tertiary/aromatic N) is 3. The molecule has 1 atom stereocenters. The van der Waals surface area contributed by atoms with Gasteiger partial charge in [-0.05, 0) is 43.7 Å². The van der Waals surface area contributed by atoms with Gasteiger partial charge in [-0.2, -0.15) is 0 Å². The van der Waals surface area contributed by atoms with Crippen molar-refractivity contribution in [3.05, 3.63) is 65.5 Å². The molecule has 2 aromatic rings. The molecule has 0 unspecified atom stereocenters. The van der Waals surface area contributed by atoms with Crippen LogP contribution in [0.1, 0.15) is 29.8 Å². The highest BCUT2D eigenvalue weighted by atomic mass is 19.1. The molecule has 0 bridgehead atoms. The van der Waals surface area contributed by atoms with Crippen LogP contribution in [-0.2, 0) is 6.54 Å². The number of halogens is 1. The first-order chi connectivity index (χ1) is 14.4. The molecular weight excluding hydrogens is 381 g/mol. The molecule has 2 aliphatic heterocycles. The molecule has 2 heterocycles. The number of amides is 1. The van der Waals surface area contributed by atoms with Crippen molar-refractivity contribution in [2.45, 2.75) is 32.0 Å². The average molecular weight is 412 g/mol. The Labute approximate surface area is 178 Å². The number of ether oxygens (including phenoxy) is 1. The van der Waals surface area contributed by atoms with Gasteiger partial charge < -0.3 is 9.64 Å². The van der Waals surface area contributed by atoms with Gasteiger partial charge in [-0.25, -0.2) is 4.39 Å². The van der Waals surface area contributed by atoms with Crippen LogP contribution in [0.5, 0.6) is 5.75 Å². The second-order valence-corrected chi connectivity index (χ2v) is 8.91. The molecule has 2 saturated heterocycles. The van der Waals surface area contributed by atoms with Crippen molar-refractivity contribution < 1.29 is 13.9 Å². The van der Waals surface area contributed by atoms with Crippen LogP contribution in [-0.4, -0.2) is 72.0 Å². The lowest BCUT2D eigenvalue weighted by atomic mass is 9.92. The quantitative estimate of drug-likeness (QED) is 0.774. The summed E-state index contributed by atoms with van der Waals surface area (Å²) >= 11 is 0. The molecule has 0 aliphatic carbocycles. The fourth-order valence-electron chi connectivity index (χ4n) is 4.91. The van der Waals surface area contributed by atoms with E-state index >= 15 is 0 Å². The third kappa shape index (κ3) is 4.20. The van der Waals surface area contributed by atoms with Gasteiger partial charge in [-0.3, -0.25) is 14.6 Å². The molecule has 2 aliphatic rings. The van der Waals surface area contributed by atoms with Crippen molar-refractivity contribution >= 4 is 5.91 Å². The number of hydrogen-bond donors (Lipinski definition) is 0. The van der Waals surface area contributed by atoms with E-state index in [4.69, 9.17) is 4.74 Å². The predicted octanol–water partition coefficient (Wildman–Crippen LogP) is 3.26. The monoisotopic (exact) mass is 411 g/mol. The maximum atomic E-state index is 14.1. The number of carbonyl (C=O) groups excluding carboxylic acids is 1. The van der Waals surface area contributed by atoms with Gasteiger partial charge >= 0.3 is 0 Å². The lowest BCUT2D eigenvalue weighted by molar-refractivity contribution is -0.0613. The molecule has 6 heteroatoms. The number of methoxy groups -OCH3 is 1. The van der Waals surface area contributed by atoms with Crippen LogP contribution >= 0.6 is 0 Å². The summed E-state index contributed by atoms with van der Waals surface area (Å²) in [6.45, 7) is 9.32. The zero-order valence-corrected chi connectivity index (χ0v) is 18.0. The van der Waals surface area contributed by atoms with E-state index in [1.165, 1.54) is 11.6 Å². The fourth-order valence-corrected chi connectivity index (χ4v) is 4.91. The van der Waals surface area contributed by atoms with Crippen molar-refractivity contribution in [3.8, 4) is 5.75 Å². The Balaban J connectivity index is 1.47. The van der Waals surface area contributed by atoms with Gasteiger partial charge in [0.15, 0.2) is 0 Å². The molecule has 0 spiro atoms. The summed E-state index contributed by atoms with van der Waals surface area (Å²) in [5, 5.41) is 0. The highest BCUT2D eigenvalue weighted by molar-refractivity contribution is 5.94. The van der Waals surface area contributed by atoms with Crippen LogP contribution in [0.25, 0.3) is 0 Å².